The van der Waals surface area contributed by atoms with Crippen molar-refractivity contribution in [3.05, 3.63) is 65.2 Å². The van der Waals surface area contributed by atoms with Gasteiger partial charge in [-0.2, -0.15) is 0 Å². The van der Waals surface area contributed by atoms with Crippen LogP contribution in [-0.4, -0.2) is 40.8 Å². The summed E-state index contributed by atoms with van der Waals surface area (Å²) in [6.07, 6.45) is 6.76. The maximum atomic E-state index is 12.9. The number of amides is 2. The predicted molar refractivity (Wildman–Crippen MR) is 120 cm³/mol. The van der Waals surface area contributed by atoms with E-state index in [1.165, 1.54) is 11.1 Å². The molecule has 31 heavy (non-hydrogen) atoms. The number of benzene rings is 1. The van der Waals surface area contributed by atoms with Crippen molar-refractivity contribution in [3.8, 4) is 0 Å². The van der Waals surface area contributed by atoms with Gasteiger partial charge in [0, 0.05) is 42.5 Å². The molecule has 3 aromatic rings. The van der Waals surface area contributed by atoms with Crippen LogP contribution in [0.2, 0.25) is 0 Å². The number of piperidine rings is 1. The van der Waals surface area contributed by atoms with Crippen molar-refractivity contribution in [2.75, 3.05) is 13.1 Å². The smallest absolute Gasteiger partial charge is 0.253 e. The molecule has 0 spiro atoms. The van der Waals surface area contributed by atoms with Crippen molar-refractivity contribution in [2.24, 2.45) is 0 Å². The van der Waals surface area contributed by atoms with Crippen molar-refractivity contribution < 1.29 is 14.0 Å². The van der Waals surface area contributed by atoms with Gasteiger partial charge in [-0.05, 0) is 61.1 Å². The van der Waals surface area contributed by atoms with Crippen LogP contribution in [0.5, 0.6) is 0 Å². The van der Waals surface area contributed by atoms with E-state index in [2.05, 4.69) is 43.2 Å². The van der Waals surface area contributed by atoms with Crippen molar-refractivity contribution in [2.45, 2.75) is 52.0 Å². The van der Waals surface area contributed by atoms with E-state index in [1.54, 1.807) is 30.8 Å². The van der Waals surface area contributed by atoms with Crippen LogP contribution in [0.3, 0.4) is 0 Å². The standard InChI is InChI=1S/C25H29N3O3/c1-16(2)21-13-22-19(15-31-23(22)11-17(21)3)12-24(29)28-9-6-20(7-10-28)27-25(30)18-5-4-8-26-14-18/h4-5,8,11,13-16,20H,6-7,9-10,12H2,1-3H3,(H,27,30). The zero-order valence-electron chi connectivity index (χ0n) is 18.4. The van der Waals surface area contributed by atoms with Gasteiger partial charge in [0.15, 0.2) is 0 Å². The lowest BCUT2D eigenvalue weighted by molar-refractivity contribution is -0.131. The van der Waals surface area contributed by atoms with E-state index in [1.807, 2.05) is 4.90 Å². The summed E-state index contributed by atoms with van der Waals surface area (Å²) >= 11 is 0. The van der Waals surface area contributed by atoms with Gasteiger partial charge in [0.25, 0.3) is 5.91 Å². The molecular weight excluding hydrogens is 390 g/mol. The van der Waals surface area contributed by atoms with Gasteiger partial charge in [-0.25, -0.2) is 0 Å². The largest absolute Gasteiger partial charge is 0.464 e. The molecule has 6 heteroatoms. The lowest BCUT2D eigenvalue weighted by Crippen LogP contribution is -2.47. The number of hydrogen-bond donors (Lipinski definition) is 1. The third-order valence-corrected chi connectivity index (χ3v) is 6.11. The highest BCUT2D eigenvalue weighted by molar-refractivity contribution is 5.94. The summed E-state index contributed by atoms with van der Waals surface area (Å²) in [5, 5.41) is 4.08. The average Bonchev–Trinajstić information content (AvgIpc) is 3.15. The third kappa shape index (κ3) is 4.63. The van der Waals surface area contributed by atoms with Gasteiger partial charge in [0.2, 0.25) is 5.91 Å². The number of aryl methyl sites for hydroxylation is 1. The minimum absolute atomic E-state index is 0.0723. The van der Waals surface area contributed by atoms with Crippen LogP contribution in [0, 0.1) is 6.92 Å². The summed E-state index contributed by atoms with van der Waals surface area (Å²) in [6.45, 7) is 7.73. The maximum Gasteiger partial charge on any atom is 0.253 e. The molecule has 1 aliphatic heterocycles. The Labute approximate surface area is 182 Å². The van der Waals surface area contributed by atoms with Gasteiger partial charge in [-0.15, -0.1) is 0 Å². The van der Waals surface area contributed by atoms with E-state index < -0.39 is 0 Å². The Kier molecular flexibility index (Phi) is 6.07. The van der Waals surface area contributed by atoms with Crippen LogP contribution in [0.25, 0.3) is 11.0 Å². The van der Waals surface area contributed by atoms with Gasteiger partial charge in [0.1, 0.15) is 5.58 Å². The zero-order chi connectivity index (χ0) is 22.0. The molecule has 3 heterocycles. The molecule has 0 aliphatic carbocycles. The van der Waals surface area contributed by atoms with E-state index in [0.717, 1.165) is 29.4 Å². The number of pyridine rings is 1. The molecule has 1 aromatic carbocycles. The van der Waals surface area contributed by atoms with E-state index in [-0.39, 0.29) is 17.9 Å². The van der Waals surface area contributed by atoms with Gasteiger partial charge >= 0.3 is 0 Å². The maximum absolute atomic E-state index is 12.9. The predicted octanol–water partition coefficient (Wildman–Crippen LogP) is 4.22. The third-order valence-electron chi connectivity index (χ3n) is 6.11. The number of likely N-dealkylation sites (tertiary alicyclic amines) is 1. The van der Waals surface area contributed by atoms with E-state index in [9.17, 15) is 9.59 Å². The van der Waals surface area contributed by atoms with E-state index >= 15 is 0 Å². The topological polar surface area (TPSA) is 75.4 Å². The number of rotatable bonds is 5. The first-order valence-electron chi connectivity index (χ1n) is 10.9. The van der Waals surface area contributed by atoms with E-state index in [4.69, 9.17) is 4.42 Å². The summed E-state index contributed by atoms with van der Waals surface area (Å²) in [5.74, 6) is 0.411. The molecule has 6 nitrogen and oxygen atoms in total. The molecule has 4 rings (SSSR count). The number of hydrogen-bond acceptors (Lipinski definition) is 4. The number of nitrogens with zero attached hydrogens (tertiary/aromatic N) is 2. The van der Waals surface area contributed by atoms with Crippen LogP contribution in [0.15, 0.2) is 47.3 Å². The summed E-state index contributed by atoms with van der Waals surface area (Å²) in [4.78, 5) is 31.1. The fourth-order valence-corrected chi connectivity index (χ4v) is 4.32. The van der Waals surface area contributed by atoms with Crippen LogP contribution >= 0.6 is 0 Å². The molecule has 0 saturated carbocycles. The van der Waals surface area contributed by atoms with Gasteiger partial charge in [-0.1, -0.05) is 13.8 Å². The van der Waals surface area contributed by atoms with Crippen molar-refractivity contribution in [3.63, 3.8) is 0 Å². The number of furan rings is 1. The second-order valence-electron chi connectivity index (χ2n) is 8.67. The Hall–Kier alpha value is -3.15. The highest BCUT2D eigenvalue weighted by atomic mass is 16.3. The van der Waals surface area contributed by atoms with Crippen LogP contribution < -0.4 is 5.32 Å². The lowest BCUT2D eigenvalue weighted by Gasteiger charge is -2.32. The zero-order valence-corrected chi connectivity index (χ0v) is 18.4. The van der Waals surface area contributed by atoms with Gasteiger partial charge < -0.3 is 14.6 Å². The Bertz CT molecular complexity index is 1080. The molecular formula is C25H29N3O3. The van der Waals surface area contributed by atoms with Crippen LogP contribution in [0.4, 0.5) is 0 Å². The van der Waals surface area contributed by atoms with Crippen LogP contribution in [0.1, 0.15) is 59.7 Å². The molecule has 1 saturated heterocycles. The minimum atomic E-state index is -0.112. The molecule has 162 valence electrons. The molecule has 0 bridgehead atoms. The van der Waals surface area contributed by atoms with Crippen LogP contribution in [-0.2, 0) is 11.2 Å². The number of aromatic nitrogens is 1. The monoisotopic (exact) mass is 419 g/mol. The number of carbonyl (C=O) groups is 2. The van der Waals surface area contributed by atoms with Gasteiger partial charge in [0.05, 0.1) is 18.2 Å². The average molecular weight is 420 g/mol. The molecule has 2 aromatic heterocycles. The molecule has 0 unspecified atom stereocenters. The Morgan fingerprint density at radius 2 is 2.03 bits per heavy atom. The quantitative estimate of drug-likeness (QED) is 0.672. The normalized spacial score (nSPS) is 14.9. The highest BCUT2D eigenvalue weighted by Crippen LogP contribution is 2.29. The van der Waals surface area contributed by atoms with Crippen molar-refractivity contribution in [1.29, 1.82) is 0 Å². The SMILES string of the molecule is Cc1cc2occ(CC(=O)N3CCC(NC(=O)c4cccnc4)CC3)c2cc1C(C)C. The first kappa shape index (κ1) is 21.1. The first-order chi connectivity index (χ1) is 14.9. The highest BCUT2D eigenvalue weighted by Gasteiger charge is 2.25. The Balaban J connectivity index is 1.36. The summed E-state index contributed by atoms with van der Waals surface area (Å²) in [7, 11) is 0. The van der Waals surface area contributed by atoms with Crippen molar-refractivity contribution >= 4 is 22.8 Å². The summed E-state index contributed by atoms with van der Waals surface area (Å²) in [6, 6.07) is 7.81. The number of nitrogens with one attached hydrogen (secondary N) is 1. The molecule has 2 amide bonds. The Morgan fingerprint density at radius 1 is 1.26 bits per heavy atom. The number of carbonyl (C=O) groups excluding carboxylic acids is 2. The minimum Gasteiger partial charge on any atom is -0.464 e. The summed E-state index contributed by atoms with van der Waals surface area (Å²) in [5.41, 5.74) is 4.83. The number of fused-ring (bicyclic) bond motifs is 1. The Morgan fingerprint density at radius 3 is 2.71 bits per heavy atom. The fraction of sp³-hybridized carbons (Fsp3) is 0.400. The second-order valence-corrected chi connectivity index (χ2v) is 8.67. The fourth-order valence-electron chi connectivity index (χ4n) is 4.32. The molecule has 0 atom stereocenters. The molecule has 1 N–H and O–H groups in total. The molecule has 1 aliphatic rings. The summed E-state index contributed by atoms with van der Waals surface area (Å²) < 4.78 is 5.73. The second kappa shape index (κ2) is 8.92. The first-order valence-corrected chi connectivity index (χ1v) is 10.9. The van der Waals surface area contributed by atoms with Crippen molar-refractivity contribution in [1.82, 2.24) is 15.2 Å². The molecule has 1 fully saturated rings. The molecule has 0 radical (unpaired) electrons. The van der Waals surface area contributed by atoms with E-state index in [0.29, 0.717) is 31.0 Å². The lowest BCUT2D eigenvalue weighted by atomic mass is 9.95. The van der Waals surface area contributed by atoms with Gasteiger partial charge in [-0.3, -0.25) is 14.6 Å².